The van der Waals surface area contributed by atoms with Gasteiger partial charge in [-0.15, -0.1) is 0 Å². The lowest BCUT2D eigenvalue weighted by atomic mass is 10.1. The molecule has 0 aliphatic heterocycles. The number of nitrogens with zero attached hydrogens (tertiary/aromatic N) is 1. The highest BCUT2D eigenvalue weighted by atomic mass is 16.5. The van der Waals surface area contributed by atoms with E-state index >= 15 is 0 Å². The summed E-state index contributed by atoms with van der Waals surface area (Å²) in [6, 6.07) is 3.75. The predicted molar refractivity (Wildman–Crippen MR) is 67.8 cm³/mol. The first-order valence-electron chi connectivity index (χ1n) is 6.17. The summed E-state index contributed by atoms with van der Waals surface area (Å²) in [5.74, 6) is 0.878. The van der Waals surface area contributed by atoms with E-state index in [1.54, 1.807) is 12.4 Å². The fourth-order valence-electron chi connectivity index (χ4n) is 1.42. The van der Waals surface area contributed by atoms with Gasteiger partial charge in [0.15, 0.2) is 0 Å². The topological polar surface area (TPSA) is 39.2 Å². The van der Waals surface area contributed by atoms with Crippen LogP contribution in [0.4, 0.5) is 0 Å². The molecule has 1 rings (SSSR count). The Labute approximate surface area is 103 Å². The van der Waals surface area contributed by atoms with E-state index in [-0.39, 0.29) is 5.78 Å². The third-order valence-electron chi connectivity index (χ3n) is 2.52. The number of ketones is 1. The van der Waals surface area contributed by atoms with Crippen molar-refractivity contribution in [2.45, 2.75) is 33.1 Å². The predicted octanol–water partition coefficient (Wildman–Crippen LogP) is 2.65. The largest absolute Gasteiger partial charge is 0.381 e. The van der Waals surface area contributed by atoms with Gasteiger partial charge in [0.25, 0.3) is 0 Å². The minimum absolute atomic E-state index is 0.223. The Morgan fingerprint density at radius 1 is 1.29 bits per heavy atom. The summed E-state index contributed by atoms with van der Waals surface area (Å²) < 4.78 is 5.42. The lowest BCUT2D eigenvalue weighted by molar-refractivity contribution is -0.119. The first kappa shape index (κ1) is 13.8. The molecule has 1 aromatic heterocycles. The summed E-state index contributed by atoms with van der Waals surface area (Å²) in [6.45, 7) is 5.62. The van der Waals surface area contributed by atoms with Crippen molar-refractivity contribution < 1.29 is 9.53 Å². The second kappa shape index (κ2) is 7.96. The molecule has 0 saturated heterocycles. The van der Waals surface area contributed by atoms with Gasteiger partial charge in [0.05, 0.1) is 6.61 Å². The highest BCUT2D eigenvalue weighted by Gasteiger charge is 2.03. The van der Waals surface area contributed by atoms with Crippen LogP contribution in [0.2, 0.25) is 0 Å². The number of rotatable bonds is 8. The quantitative estimate of drug-likeness (QED) is 0.650. The van der Waals surface area contributed by atoms with Gasteiger partial charge >= 0.3 is 0 Å². The molecular formula is C14H21NO2. The van der Waals surface area contributed by atoms with Gasteiger partial charge in [-0.1, -0.05) is 13.8 Å². The maximum atomic E-state index is 11.6. The molecule has 0 aliphatic carbocycles. The van der Waals surface area contributed by atoms with Crippen LogP contribution in [0.1, 0.15) is 32.3 Å². The van der Waals surface area contributed by atoms with E-state index in [1.807, 2.05) is 12.1 Å². The van der Waals surface area contributed by atoms with Crippen LogP contribution in [0.5, 0.6) is 0 Å². The molecule has 0 atom stereocenters. The van der Waals surface area contributed by atoms with Crippen molar-refractivity contribution in [2.24, 2.45) is 5.92 Å². The van der Waals surface area contributed by atoms with Crippen molar-refractivity contribution in [1.29, 1.82) is 0 Å². The second-order valence-electron chi connectivity index (χ2n) is 4.62. The SMILES string of the molecule is CC(C)CCOCCC(=O)Cc1ccncc1. The average Bonchev–Trinajstić information content (AvgIpc) is 2.29. The number of aromatic nitrogens is 1. The Balaban J connectivity index is 2.10. The molecule has 0 unspecified atom stereocenters. The van der Waals surface area contributed by atoms with Crippen molar-refractivity contribution in [3.63, 3.8) is 0 Å². The first-order valence-corrected chi connectivity index (χ1v) is 6.17. The molecule has 3 heteroatoms. The number of hydrogen-bond donors (Lipinski definition) is 0. The summed E-state index contributed by atoms with van der Waals surface area (Å²) >= 11 is 0. The van der Waals surface area contributed by atoms with Gasteiger partial charge in [-0.25, -0.2) is 0 Å². The van der Waals surface area contributed by atoms with Gasteiger partial charge in [-0.3, -0.25) is 9.78 Å². The number of ether oxygens (including phenoxy) is 1. The molecule has 1 heterocycles. The van der Waals surface area contributed by atoms with Crippen molar-refractivity contribution >= 4 is 5.78 Å². The van der Waals surface area contributed by atoms with E-state index in [0.717, 1.165) is 18.6 Å². The van der Waals surface area contributed by atoms with Crippen LogP contribution in [0.3, 0.4) is 0 Å². The third kappa shape index (κ3) is 6.84. The van der Waals surface area contributed by atoms with Gasteiger partial charge in [0, 0.05) is 31.8 Å². The third-order valence-corrected chi connectivity index (χ3v) is 2.52. The Bertz CT molecular complexity index is 322. The zero-order chi connectivity index (χ0) is 12.5. The number of Topliss-reactive ketones (excluding diaryl/α,β-unsaturated/α-hetero) is 1. The molecule has 1 aromatic rings. The zero-order valence-electron chi connectivity index (χ0n) is 10.7. The first-order chi connectivity index (χ1) is 8.18. The van der Waals surface area contributed by atoms with Gasteiger partial charge in [0.1, 0.15) is 5.78 Å². The van der Waals surface area contributed by atoms with Crippen molar-refractivity contribution in [2.75, 3.05) is 13.2 Å². The molecule has 0 aliphatic rings. The van der Waals surface area contributed by atoms with E-state index in [0.29, 0.717) is 25.4 Å². The van der Waals surface area contributed by atoms with E-state index in [9.17, 15) is 4.79 Å². The standard InChI is InChI=1S/C14H21NO2/c1-12(2)5-9-17-10-6-14(16)11-13-3-7-15-8-4-13/h3-4,7-8,12H,5-6,9-11H2,1-2H3. The van der Waals surface area contributed by atoms with E-state index in [2.05, 4.69) is 18.8 Å². The molecule has 0 bridgehead atoms. The van der Waals surface area contributed by atoms with Crippen LogP contribution in [0.25, 0.3) is 0 Å². The maximum absolute atomic E-state index is 11.6. The molecule has 0 N–H and O–H groups in total. The van der Waals surface area contributed by atoms with Crippen LogP contribution in [0.15, 0.2) is 24.5 Å². The highest BCUT2D eigenvalue weighted by Crippen LogP contribution is 2.02. The molecule has 17 heavy (non-hydrogen) atoms. The molecule has 0 fully saturated rings. The Kier molecular flexibility index (Phi) is 6.48. The van der Waals surface area contributed by atoms with E-state index in [4.69, 9.17) is 4.74 Å². The Hall–Kier alpha value is -1.22. The fourth-order valence-corrected chi connectivity index (χ4v) is 1.42. The lowest BCUT2D eigenvalue weighted by Crippen LogP contribution is -2.08. The van der Waals surface area contributed by atoms with Crippen molar-refractivity contribution in [3.8, 4) is 0 Å². The number of carbonyl (C=O) groups excluding carboxylic acids is 1. The molecule has 94 valence electrons. The minimum atomic E-state index is 0.223. The summed E-state index contributed by atoms with van der Waals surface area (Å²) in [4.78, 5) is 15.5. The van der Waals surface area contributed by atoms with Crippen molar-refractivity contribution in [3.05, 3.63) is 30.1 Å². The Morgan fingerprint density at radius 2 is 2.00 bits per heavy atom. The van der Waals surface area contributed by atoms with Crippen LogP contribution < -0.4 is 0 Å². The summed E-state index contributed by atoms with van der Waals surface area (Å²) in [5.41, 5.74) is 1.02. The maximum Gasteiger partial charge on any atom is 0.139 e. The number of pyridine rings is 1. The number of hydrogen-bond acceptors (Lipinski definition) is 3. The van der Waals surface area contributed by atoms with Crippen LogP contribution in [-0.4, -0.2) is 24.0 Å². The number of carbonyl (C=O) groups is 1. The summed E-state index contributed by atoms with van der Waals surface area (Å²) in [7, 11) is 0. The molecule has 0 aromatic carbocycles. The molecule has 0 saturated carbocycles. The van der Waals surface area contributed by atoms with E-state index < -0.39 is 0 Å². The molecule has 0 spiro atoms. The van der Waals surface area contributed by atoms with Crippen molar-refractivity contribution in [1.82, 2.24) is 4.98 Å². The Morgan fingerprint density at radius 3 is 2.65 bits per heavy atom. The zero-order valence-corrected chi connectivity index (χ0v) is 10.7. The molecular weight excluding hydrogens is 214 g/mol. The normalized spacial score (nSPS) is 10.8. The van der Waals surface area contributed by atoms with Crippen LogP contribution in [-0.2, 0) is 16.0 Å². The summed E-state index contributed by atoms with van der Waals surface area (Å²) in [6.07, 6.45) is 5.46. The fraction of sp³-hybridized carbons (Fsp3) is 0.571. The molecule has 0 radical (unpaired) electrons. The van der Waals surface area contributed by atoms with Gasteiger partial charge in [-0.05, 0) is 30.0 Å². The second-order valence-corrected chi connectivity index (χ2v) is 4.62. The smallest absolute Gasteiger partial charge is 0.139 e. The monoisotopic (exact) mass is 235 g/mol. The van der Waals surface area contributed by atoms with Crippen LogP contribution in [0, 0.1) is 5.92 Å². The molecule has 0 amide bonds. The van der Waals surface area contributed by atoms with Gasteiger partial charge in [0.2, 0.25) is 0 Å². The molecule has 3 nitrogen and oxygen atoms in total. The minimum Gasteiger partial charge on any atom is -0.381 e. The van der Waals surface area contributed by atoms with Gasteiger partial charge < -0.3 is 4.74 Å². The van der Waals surface area contributed by atoms with Crippen LogP contribution >= 0.6 is 0 Å². The lowest BCUT2D eigenvalue weighted by Gasteiger charge is -2.06. The summed E-state index contributed by atoms with van der Waals surface area (Å²) in [5, 5.41) is 0. The average molecular weight is 235 g/mol. The highest BCUT2D eigenvalue weighted by molar-refractivity contribution is 5.80. The van der Waals surface area contributed by atoms with Gasteiger partial charge in [-0.2, -0.15) is 0 Å². The van der Waals surface area contributed by atoms with E-state index in [1.165, 1.54) is 0 Å².